The highest BCUT2D eigenvalue weighted by Gasteiger charge is 2.13. The standard InChI is InChI=1S/C16H25NO2.C2H2O4/c1-18-15-9-10-16(19-2)13(11-15)12-17-14-7-5-3-4-6-8-14;3-1(4)2(5)6/h9-11,14,17H,3-8,12H2,1-2H3;(H,3,4)(H,5,6). The molecule has 25 heavy (non-hydrogen) atoms. The Morgan fingerprint density at radius 3 is 2.12 bits per heavy atom. The first-order valence-electron chi connectivity index (χ1n) is 8.38. The van der Waals surface area contributed by atoms with Crippen LogP contribution in [0.5, 0.6) is 11.5 Å². The number of aliphatic carboxylic acids is 2. The Morgan fingerprint density at radius 1 is 1.04 bits per heavy atom. The van der Waals surface area contributed by atoms with Crippen LogP contribution in [-0.2, 0) is 16.1 Å². The van der Waals surface area contributed by atoms with Gasteiger partial charge >= 0.3 is 11.9 Å². The van der Waals surface area contributed by atoms with Crippen LogP contribution in [-0.4, -0.2) is 42.4 Å². The van der Waals surface area contributed by atoms with Crippen molar-refractivity contribution in [2.75, 3.05) is 14.2 Å². The Kier molecular flexibility index (Phi) is 9.39. The van der Waals surface area contributed by atoms with Crippen LogP contribution < -0.4 is 14.8 Å². The van der Waals surface area contributed by atoms with E-state index >= 15 is 0 Å². The van der Waals surface area contributed by atoms with Crippen LogP contribution >= 0.6 is 0 Å². The monoisotopic (exact) mass is 353 g/mol. The molecule has 0 atom stereocenters. The van der Waals surface area contributed by atoms with E-state index in [-0.39, 0.29) is 0 Å². The molecule has 0 bridgehead atoms. The van der Waals surface area contributed by atoms with E-state index in [4.69, 9.17) is 29.3 Å². The molecule has 1 fully saturated rings. The van der Waals surface area contributed by atoms with E-state index in [9.17, 15) is 0 Å². The molecule has 1 saturated carbocycles. The number of benzene rings is 1. The predicted octanol–water partition coefficient (Wildman–Crippen LogP) is 2.67. The van der Waals surface area contributed by atoms with Crippen LogP contribution in [0.2, 0.25) is 0 Å². The number of carboxylic acids is 2. The second-order valence-corrected chi connectivity index (χ2v) is 5.86. The fourth-order valence-electron chi connectivity index (χ4n) is 2.76. The number of ether oxygens (including phenoxy) is 2. The SMILES string of the molecule is COc1ccc(OC)c(CNC2CCCCCC2)c1.O=C(O)C(=O)O. The molecule has 0 spiro atoms. The molecule has 0 unspecified atom stereocenters. The van der Waals surface area contributed by atoms with Crippen molar-refractivity contribution in [2.45, 2.75) is 51.1 Å². The van der Waals surface area contributed by atoms with Gasteiger partial charge in [0.2, 0.25) is 0 Å². The second kappa shape index (κ2) is 11.3. The lowest BCUT2D eigenvalue weighted by Crippen LogP contribution is -2.28. The van der Waals surface area contributed by atoms with Gasteiger partial charge in [-0.3, -0.25) is 0 Å². The Balaban J connectivity index is 0.000000450. The zero-order valence-corrected chi connectivity index (χ0v) is 14.8. The van der Waals surface area contributed by atoms with E-state index in [1.54, 1.807) is 14.2 Å². The average Bonchev–Trinajstić information content (AvgIpc) is 2.88. The van der Waals surface area contributed by atoms with Gasteiger partial charge in [-0.2, -0.15) is 0 Å². The Labute approximate surface area is 147 Å². The summed E-state index contributed by atoms with van der Waals surface area (Å²) < 4.78 is 10.7. The average molecular weight is 353 g/mol. The molecule has 1 aromatic carbocycles. The molecule has 0 aliphatic heterocycles. The number of carbonyl (C=O) groups is 2. The molecule has 7 heteroatoms. The minimum atomic E-state index is -1.82. The van der Waals surface area contributed by atoms with Gasteiger partial charge in [0.15, 0.2) is 0 Å². The lowest BCUT2D eigenvalue weighted by atomic mass is 10.1. The van der Waals surface area contributed by atoms with Gasteiger partial charge in [-0.15, -0.1) is 0 Å². The molecule has 1 aliphatic rings. The Hall–Kier alpha value is -2.28. The lowest BCUT2D eigenvalue weighted by molar-refractivity contribution is -0.159. The third kappa shape index (κ3) is 7.89. The van der Waals surface area contributed by atoms with Crippen molar-refractivity contribution in [3.8, 4) is 11.5 Å². The van der Waals surface area contributed by atoms with Crippen LogP contribution in [0.1, 0.15) is 44.1 Å². The van der Waals surface area contributed by atoms with Crippen LogP contribution in [0.4, 0.5) is 0 Å². The van der Waals surface area contributed by atoms with Crippen molar-refractivity contribution in [2.24, 2.45) is 0 Å². The highest BCUT2D eigenvalue weighted by Crippen LogP contribution is 2.24. The third-order valence-corrected chi connectivity index (χ3v) is 4.11. The molecule has 1 aliphatic carbocycles. The molecule has 140 valence electrons. The van der Waals surface area contributed by atoms with E-state index in [0.29, 0.717) is 6.04 Å². The summed E-state index contributed by atoms with van der Waals surface area (Å²) in [5.74, 6) is -1.83. The number of rotatable bonds is 5. The van der Waals surface area contributed by atoms with Gasteiger partial charge in [-0.25, -0.2) is 9.59 Å². The zero-order chi connectivity index (χ0) is 18.7. The highest BCUT2D eigenvalue weighted by molar-refractivity contribution is 6.27. The minimum absolute atomic E-state index is 0.651. The van der Waals surface area contributed by atoms with Gasteiger partial charge in [0, 0.05) is 18.2 Å². The molecule has 0 saturated heterocycles. The molecule has 1 aromatic rings. The molecule has 3 N–H and O–H groups in total. The first-order chi connectivity index (χ1) is 12.0. The summed E-state index contributed by atoms with van der Waals surface area (Å²) in [5.41, 5.74) is 1.17. The molecular formula is C18H27NO6. The van der Waals surface area contributed by atoms with Crippen molar-refractivity contribution in [1.29, 1.82) is 0 Å². The summed E-state index contributed by atoms with van der Waals surface area (Å²) in [6.07, 6.45) is 8.08. The summed E-state index contributed by atoms with van der Waals surface area (Å²) in [4.78, 5) is 18.2. The quantitative estimate of drug-likeness (QED) is 0.552. The van der Waals surface area contributed by atoms with Gasteiger partial charge in [-0.1, -0.05) is 25.7 Å². The van der Waals surface area contributed by atoms with Crippen LogP contribution in [0.15, 0.2) is 18.2 Å². The maximum absolute atomic E-state index is 9.10. The first kappa shape index (κ1) is 20.8. The van der Waals surface area contributed by atoms with Crippen molar-refractivity contribution in [3.05, 3.63) is 23.8 Å². The lowest BCUT2D eigenvalue weighted by Gasteiger charge is -2.18. The number of hydrogen-bond donors (Lipinski definition) is 3. The summed E-state index contributed by atoms with van der Waals surface area (Å²) in [7, 11) is 3.42. The molecule has 0 radical (unpaired) electrons. The summed E-state index contributed by atoms with van der Waals surface area (Å²) in [6.45, 7) is 0.852. The second-order valence-electron chi connectivity index (χ2n) is 5.86. The van der Waals surface area contributed by atoms with Gasteiger partial charge in [-0.05, 0) is 31.0 Å². The smallest absolute Gasteiger partial charge is 0.414 e. The minimum Gasteiger partial charge on any atom is -0.497 e. The van der Waals surface area contributed by atoms with E-state index < -0.39 is 11.9 Å². The zero-order valence-electron chi connectivity index (χ0n) is 14.8. The van der Waals surface area contributed by atoms with E-state index in [0.717, 1.165) is 18.0 Å². The van der Waals surface area contributed by atoms with Crippen molar-refractivity contribution in [3.63, 3.8) is 0 Å². The van der Waals surface area contributed by atoms with Crippen molar-refractivity contribution in [1.82, 2.24) is 5.32 Å². The number of carboxylic acid groups (broad SMARTS) is 2. The highest BCUT2D eigenvalue weighted by atomic mass is 16.5. The third-order valence-electron chi connectivity index (χ3n) is 4.11. The van der Waals surface area contributed by atoms with Crippen LogP contribution in [0, 0.1) is 0 Å². The topological polar surface area (TPSA) is 105 Å². The van der Waals surface area contributed by atoms with Crippen LogP contribution in [0.3, 0.4) is 0 Å². The van der Waals surface area contributed by atoms with E-state index in [2.05, 4.69) is 11.4 Å². The Morgan fingerprint density at radius 2 is 1.64 bits per heavy atom. The number of nitrogens with one attached hydrogen (secondary N) is 1. The van der Waals surface area contributed by atoms with E-state index in [1.165, 1.54) is 44.1 Å². The van der Waals surface area contributed by atoms with Gasteiger partial charge < -0.3 is 25.0 Å². The summed E-state index contributed by atoms with van der Waals surface area (Å²) >= 11 is 0. The van der Waals surface area contributed by atoms with Crippen LogP contribution in [0.25, 0.3) is 0 Å². The molecule has 7 nitrogen and oxygen atoms in total. The molecule has 0 amide bonds. The normalized spacial score (nSPS) is 14.6. The van der Waals surface area contributed by atoms with Crippen molar-refractivity contribution < 1.29 is 29.3 Å². The fraction of sp³-hybridized carbons (Fsp3) is 0.556. The molecule has 0 heterocycles. The van der Waals surface area contributed by atoms with E-state index in [1.807, 2.05) is 12.1 Å². The molecule has 0 aromatic heterocycles. The predicted molar refractivity (Wildman–Crippen MR) is 93.1 cm³/mol. The first-order valence-corrected chi connectivity index (χ1v) is 8.38. The molecular weight excluding hydrogens is 326 g/mol. The van der Waals surface area contributed by atoms with Gasteiger partial charge in [0.1, 0.15) is 11.5 Å². The van der Waals surface area contributed by atoms with Gasteiger partial charge in [0.05, 0.1) is 14.2 Å². The maximum Gasteiger partial charge on any atom is 0.414 e. The summed E-state index contributed by atoms with van der Waals surface area (Å²) in [6, 6.07) is 6.62. The van der Waals surface area contributed by atoms with Crippen molar-refractivity contribution >= 4 is 11.9 Å². The van der Waals surface area contributed by atoms with Gasteiger partial charge in [0.25, 0.3) is 0 Å². The number of methoxy groups -OCH3 is 2. The Bertz CT molecular complexity index is 540. The summed E-state index contributed by atoms with van der Waals surface area (Å²) in [5, 5.41) is 18.5. The fourth-order valence-corrected chi connectivity index (χ4v) is 2.76. The maximum atomic E-state index is 9.10. The largest absolute Gasteiger partial charge is 0.497 e. The number of hydrogen-bond acceptors (Lipinski definition) is 5. The molecule has 2 rings (SSSR count).